The summed E-state index contributed by atoms with van der Waals surface area (Å²) < 4.78 is 11.4. The lowest BCUT2D eigenvalue weighted by Crippen LogP contribution is -2.31. The number of nitrogens with one attached hydrogen (secondary N) is 1. The third-order valence-corrected chi connectivity index (χ3v) is 2.68. The lowest BCUT2D eigenvalue weighted by Gasteiger charge is -2.15. The Balaban J connectivity index is 1.79. The van der Waals surface area contributed by atoms with Crippen LogP contribution in [0, 0.1) is 6.92 Å². The summed E-state index contributed by atoms with van der Waals surface area (Å²) in [4.78, 5) is 0. The second-order valence-electron chi connectivity index (χ2n) is 4.17. The van der Waals surface area contributed by atoms with E-state index in [1.165, 1.54) is 5.56 Å². The fraction of sp³-hybridized carbons (Fsp3) is 0.538. The molecule has 0 amide bonds. The molecule has 16 heavy (non-hydrogen) atoms. The molecule has 2 rings (SSSR count). The lowest BCUT2D eigenvalue weighted by molar-refractivity contribution is 0.0324. The molecule has 1 aromatic carbocycles. The van der Waals surface area contributed by atoms with Crippen molar-refractivity contribution < 1.29 is 9.47 Å². The minimum Gasteiger partial charge on any atom is -0.491 e. The molecule has 1 aliphatic heterocycles. The minimum absolute atomic E-state index is 0.170. The van der Waals surface area contributed by atoms with Crippen LogP contribution in [-0.4, -0.2) is 32.4 Å². The van der Waals surface area contributed by atoms with E-state index in [9.17, 15) is 0 Å². The molecule has 1 aliphatic rings. The summed E-state index contributed by atoms with van der Waals surface area (Å²) >= 11 is 0. The van der Waals surface area contributed by atoms with Crippen molar-refractivity contribution >= 4 is 0 Å². The molecular formula is C13H19NO2. The standard InChI is InChI=1S/C13H19NO2/c1-11-3-5-12(6-4-11)16-10-13-9-14-7-2-8-15-13/h3-6,13-14H,2,7-10H2,1H3. The molecule has 88 valence electrons. The van der Waals surface area contributed by atoms with E-state index < -0.39 is 0 Å². The van der Waals surface area contributed by atoms with Gasteiger partial charge >= 0.3 is 0 Å². The molecule has 0 aliphatic carbocycles. The second-order valence-corrected chi connectivity index (χ2v) is 4.17. The summed E-state index contributed by atoms with van der Waals surface area (Å²) in [5.41, 5.74) is 1.25. The largest absolute Gasteiger partial charge is 0.491 e. The maximum atomic E-state index is 5.69. The lowest BCUT2D eigenvalue weighted by atomic mass is 10.2. The Morgan fingerprint density at radius 2 is 2.19 bits per heavy atom. The molecule has 1 atom stereocenters. The molecule has 3 nitrogen and oxygen atoms in total. The molecule has 1 aromatic rings. The minimum atomic E-state index is 0.170. The fourth-order valence-corrected chi connectivity index (χ4v) is 1.70. The van der Waals surface area contributed by atoms with Crippen LogP contribution in [0.3, 0.4) is 0 Å². The topological polar surface area (TPSA) is 30.5 Å². The predicted octanol–water partition coefficient (Wildman–Crippen LogP) is 1.75. The summed E-state index contributed by atoms with van der Waals surface area (Å²) in [7, 11) is 0. The van der Waals surface area contributed by atoms with Gasteiger partial charge in [0.25, 0.3) is 0 Å². The number of rotatable bonds is 3. The number of benzene rings is 1. The molecule has 1 saturated heterocycles. The summed E-state index contributed by atoms with van der Waals surface area (Å²) in [6, 6.07) is 8.11. The first-order valence-corrected chi connectivity index (χ1v) is 5.86. The molecule has 0 radical (unpaired) electrons. The molecule has 1 unspecified atom stereocenters. The Hall–Kier alpha value is -1.06. The van der Waals surface area contributed by atoms with Gasteiger partial charge in [-0.25, -0.2) is 0 Å². The zero-order valence-electron chi connectivity index (χ0n) is 9.74. The van der Waals surface area contributed by atoms with Crippen molar-refractivity contribution in [2.24, 2.45) is 0 Å². The zero-order valence-corrected chi connectivity index (χ0v) is 9.74. The van der Waals surface area contributed by atoms with Gasteiger partial charge in [0.2, 0.25) is 0 Å². The third kappa shape index (κ3) is 3.51. The van der Waals surface area contributed by atoms with Crippen LogP contribution in [0.5, 0.6) is 5.75 Å². The molecule has 1 heterocycles. The van der Waals surface area contributed by atoms with Gasteiger partial charge in [0.1, 0.15) is 18.5 Å². The van der Waals surface area contributed by atoms with Gasteiger partial charge in [-0.3, -0.25) is 0 Å². The number of hydrogen-bond donors (Lipinski definition) is 1. The smallest absolute Gasteiger partial charge is 0.119 e. The van der Waals surface area contributed by atoms with Crippen LogP contribution in [0.15, 0.2) is 24.3 Å². The van der Waals surface area contributed by atoms with E-state index in [1.54, 1.807) is 0 Å². The van der Waals surface area contributed by atoms with E-state index >= 15 is 0 Å². The van der Waals surface area contributed by atoms with Gasteiger partial charge in [-0.15, -0.1) is 0 Å². The normalized spacial score (nSPS) is 21.4. The van der Waals surface area contributed by atoms with Crippen LogP contribution in [0.1, 0.15) is 12.0 Å². The van der Waals surface area contributed by atoms with Crippen molar-refractivity contribution in [3.63, 3.8) is 0 Å². The van der Waals surface area contributed by atoms with Crippen molar-refractivity contribution in [1.29, 1.82) is 0 Å². The molecular weight excluding hydrogens is 202 g/mol. The maximum Gasteiger partial charge on any atom is 0.119 e. The van der Waals surface area contributed by atoms with Crippen molar-refractivity contribution in [1.82, 2.24) is 5.32 Å². The average molecular weight is 221 g/mol. The van der Waals surface area contributed by atoms with Crippen LogP contribution in [0.2, 0.25) is 0 Å². The summed E-state index contributed by atoms with van der Waals surface area (Å²) in [5.74, 6) is 0.915. The van der Waals surface area contributed by atoms with Crippen LogP contribution < -0.4 is 10.1 Å². The molecule has 3 heteroatoms. The zero-order chi connectivity index (χ0) is 11.2. The van der Waals surface area contributed by atoms with Gasteiger partial charge < -0.3 is 14.8 Å². The number of hydrogen-bond acceptors (Lipinski definition) is 3. The Morgan fingerprint density at radius 3 is 3.00 bits per heavy atom. The van der Waals surface area contributed by atoms with E-state index in [2.05, 4.69) is 24.4 Å². The Labute approximate surface area is 96.8 Å². The average Bonchev–Trinajstić information content (AvgIpc) is 2.57. The predicted molar refractivity (Wildman–Crippen MR) is 63.9 cm³/mol. The van der Waals surface area contributed by atoms with E-state index in [0.29, 0.717) is 6.61 Å². The first-order chi connectivity index (χ1) is 7.84. The van der Waals surface area contributed by atoms with E-state index in [1.807, 2.05) is 12.1 Å². The molecule has 0 spiro atoms. The Morgan fingerprint density at radius 1 is 1.38 bits per heavy atom. The molecule has 1 fully saturated rings. The molecule has 0 saturated carbocycles. The molecule has 1 N–H and O–H groups in total. The number of aryl methyl sites for hydroxylation is 1. The first-order valence-electron chi connectivity index (χ1n) is 5.86. The maximum absolute atomic E-state index is 5.69. The van der Waals surface area contributed by atoms with Gasteiger partial charge in [-0.2, -0.15) is 0 Å². The quantitative estimate of drug-likeness (QED) is 0.843. The van der Waals surface area contributed by atoms with Crippen molar-refractivity contribution in [3.8, 4) is 5.75 Å². The molecule has 0 bridgehead atoms. The van der Waals surface area contributed by atoms with Crippen molar-refractivity contribution in [3.05, 3.63) is 29.8 Å². The first kappa shape index (κ1) is 11.4. The SMILES string of the molecule is Cc1ccc(OCC2CNCCCO2)cc1. The second kappa shape index (κ2) is 5.87. The van der Waals surface area contributed by atoms with Crippen LogP contribution >= 0.6 is 0 Å². The van der Waals surface area contributed by atoms with Gasteiger partial charge in [-0.05, 0) is 32.0 Å². The monoisotopic (exact) mass is 221 g/mol. The van der Waals surface area contributed by atoms with Crippen LogP contribution in [-0.2, 0) is 4.74 Å². The van der Waals surface area contributed by atoms with Crippen LogP contribution in [0.25, 0.3) is 0 Å². The van der Waals surface area contributed by atoms with Gasteiger partial charge in [0.15, 0.2) is 0 Å². The van der Waals surface area contributed by atoms with Gasteiger partial charge in [-0.1, -0.05) is 17.7 Å². The number of ether oxygens (including phenoxy) is 2. The van der Waals surface area contributed by atoms with E-state index in [0.717, 1.165) is 31.9 Å². The summed E-state index contributed by atoms with van der Waals surface area (Å²) in [5, 5.41) is 3.34. The van der Waals surface area contributed by atoms with E-state index in [4.69, 9.17) is 9.47 Å². The van der Waals surface area contributed by atoms with E-state index in [-0.39, 0.29) is 6.10 Å². The highest BCUT2D eigenvalue weighted by Crippen LogP contribution is 2.12. The fourth-order valence-electron chi connectivity index (χ4n) is 1.70. The third-order valence-electron chi connectivity index (χ3n) is 2.68. The highest BCUT2D eigenvalue weighted by Gasteiger charge is 2.12. The highest BCUT2D eigenvalue weighted by atomic mass is 16.5. The van der Waals surface area contributed by atoms with Gasteiger partial charge in [0.05, 0.1) is 0 Å². The molecule has 0 aromatic heterocycles. The van der Waals surface area contributed by atoms with Crippen LogP contribution in [0.4, 0.5) is 0 Å². The Bertz CT molecular complexity index is 302. The van der Waals surface area contributed by atoms with Crippen molar-refractivity contribution in [2.75, 3.05) is 26.3 Å². The summed E-state index contributed by atoms with van der Waals surface area (Å²) in [6.07, 6.45) is 1.25. The van der Waals surface area contributed by atoms with Crippen molar-refractivity contribution in [2.45, 2.75) is 19.4 Å². The van der Waals surface area contributed by atoms with Gasteiger partial charge in [0, 0.05) is 13.2 Å². The Kier molecular flexibility index (Phi) is 4.19. The highest BCUT2D eigenvalue weighted by molar-refractivity contribution is 5.26. The summed E-state index contributed by atoms with van der Waals surface area (Å²) in [6.45, 7) is 5.44.